The molecule has 4 nitrogen and oxygen atoms in total. The lowest BCUT2D eigenvalue weighted by atomic mass is 10.4. The third-order valence-electron chi connectivity index (χ3n) is 2.66. The van der Waals surface area contributed by atoms with E-state index in [1.54, 1.807) is 28.4 Å². The first-order valence-corrected chi connectivity index (χ1v) is 8.08. The second-order valence-electron chi connectivity index (χ2n) is 4.08. The van der Waals surface area contributed by atoms with Gasteiger partial charge in [-0.1, -0.05) is 12.1 Å². The lowest BCUT2D eigenvalue weighted by Crippen LogP contribution is -2.12. The Morgan fingerprint density at radius 1 is 1.29 bits per heavy atom. The van der Waals surface area contributed by atoms with Crippen LogP contribution in [0.5, 0.6) is 0 Å². The quantitative estimate of drug-likeness (QED) is 0.521. The molecule has 0 bridgehead atoms. The molecule has 0 aromatic carbocycles. The Kier molecular flexibility index (Phi) is 4.28. The maximum Gasteiger partial charge on any atom is 0.206 e. The Bertz CT molecular complexity index is 792. The van der Waals surface area contributed by atoms with Gasteiger partial charge in [0.15, 0.2) is 5.76 Å². The van der Waals surface area contributed by atoms with Crippen LogP contribution >= 0.6 is 22.7 Å². The van der Waals surface area contributed by atoms with E-state index in [1.807, 2.05) is 41.2 Å². The Morgan fingerprint density at radius 2 is 2.24 bits per heavy atom. The molecular weight excluding hydrogens is 302 g/mol. The normalized spacial score (nSPS) is 12.3. The molecule has 0 aliphatic heterocycles. The molecule has 0 saturated carbocycles. The van der Waals surface area contributed by atoms with E-state index in [9.17, 15) is 0 Å². The van der Waals surface area contributed by atoms with Gasteiger partial charge in [0.25, 0.3) is 0 Å². The molecule has 0 saturated heterocycles. The van der Waals surface area contributed by atoms with Crippen molar-refractivity contribution in [2.45, 2.75) is 0 Å². The standard InChI is InChI=1S/C15H13N3OS2/c1-2-7-16-15-18(17-10-12-5-4-9-20-12)13(11-21-15)14-6-3-8-19-14/h2-6,8-11H,1,7H2. The first-order chi connectivity index (χ1) is 10.4. The molecule has 0 amide bonds. The van der Waals surface area contributed by atoms with Gasteiger partial charge in [0.05, 0.1) is 19.0 Å². The molecule has 0 N–H and O–H groups in total. The van der Waals surface area contributed by atoms with Gasteiger partial charge in [-0.25, -0.2) is 4.68 Å². The van der Waals surface area contributed by atoms with E-state index in [2.05, 4.69) is 16.7 Å². The van der Waals surface area contributed by atoms with Crippen LogP contribution in [-0.2, 0) is 0 Å². The summed E-state index contributed by atoms with van der Waals surface area (Å²) >= 11 is 3.17. The molecule has 0 aliphatic carbocycles. The van der Waals surface area contributed by atoms with Crippen LogP contribution in [0.3, 0.4) is 0 Å². The second kappa shape index (κ2) is 6.51. The van der Waals surface area contributed by atoms with Crippen LogP contribution in [0.2, 0.25) is 0 Å². The highest BCUT2D eigenvalue weighted by atomic mass is 32.1. The predicted octanol–water partition coefficient (Wildman–Crippen LogP) is 3.84. The van der Waals surface area contributed by atoms with E-state index in [0.29, 0.717) is 6.54 Å². The molecule has 0 spiro atoms. The van der Waals surface area contributed by atoms with Crippen LogP contribution in [0, 0.1) is 0 Å². The third-order valence-corrected chi connectivity index (χ3v) is 4.32. The Balaban J connectivity index is 2.06. The summed E-state index contributed by atoms with van der Waals surface area (Å²) in [6, 6.07) is 7.80. The SMILES string of the molecule is C=CCN=c1scc(-c2ccco2)n1N=Cc1cccs1. The van der Waals surface area contributed by atoms with Crippen molar-refractivity contribution in [1.82, 2.24) is 4.68 Å². The van der Waals surface area contributed by atoms with Gasteiger partial charge in [-0.3, -0.25) is 4.99 Å². The van der Waals surface area contributed by atoms with E-state index in [1.165, 1.54) is 11.3 Å². The van der Waals surface area contributed by atoms with Gasteiger partial charge in [0, 0.05) is 10.3 Å². The first kappa shape index (κ1) is 13.8. The van der Waals surface area contributed by atoms with Gasteiger partial charge in [-0.2, -0.15) is 5.10 Å². The number of nitrogens with zero attached hydrogens (tertiary/aromatic N) is 3. The lowest BCUT2D eigenvalue weighted by Gasteiger charge is -1.99. The molecule has 3 aromatic rings. The summed E-state index contributed by atoms with van der Waals surface area (Å²) in [4.78, 5) is 6.37. The second-order valence-corrected chi connectivity index (χ2v) is 5.90. The van der Waals surface area contributed by atoms with E-state index in [-0.39, 0.29) is 0 Å². The van der Waals surface area contributed by atoms with Crippen LogP contribution in [0.4, 0.5) is 0 Å². The van der Waals surface area contributed by atoms with Gasteiger partial charge < -0.3 is 4.42 Å². The van der Waals surface area contributed by atoms with E-state index in [0.717, 1.165) is 21.1 Å². The highest BCUT2D eigenvalue weighted by Crippen LogP contribution is 2.20. The molecule has 6 heteroatoms. The van der Waals surface area contributed by atoms with Gasteiger partial charge in [-0.15, -0.1) is 29.3 Å². The summed E-state index contributed by atoms with van der Waals surface area (Å²) in [7, 11) is 0. The van der Waals surface area contributed by atoms with Crippen molar-refractivity contribution >= 4 is 28.9 Å². The molecule has 3 rings (SSSR count). The van der Waals surface area contributed by atoms with Crippen LogP contribution in [0.1, 0.15) is 4.88 Å². The minimum Gasteiger partial charge on any atom is -0.463 e. The molecular formula is C15H13N3OS2. The monoisotopic (exact) mass is 315 g/mol. The van der Waals surface area contributed by atoms with Crippen molar-refractivity contribution in [2.75, 3.05) is 6.54 Å². The number of hydrogen-bond donors (Lipinski definition) is 0. The van der Waals surface area contributed by atoms with Crippen LogP contribution in [-0.4, -0.2) is 17.4 Å². The van der Waals surface area contributed by atoms with Crippen molar-refractivity contribution < 1.29 is 4.42 Å². The fourth-order valence-corrected chi connectivity index (χ4v) is 3.14. The van der Waals surface area contributed by atoms with Crippen molar-refractivity contribution in [3.05, 3.63) is 63.6 Å². The van der Waals surface area contributed by atoms with Crippen LogP contribution < -0.4 is 4.80 Å². The average Bonchev–Trinajstić information content (AvgIpc) is 3.22. The van der Waals surface area contributed by atoms with Crippen LogP contribution in [0.15, 0.2) is 68.5 Å². The van der Waals surface area contributed by atoms with E-state index >= 15 is 0 Å². The summed E-state index contributed by atoms with van der Waals surface area (Å²) in [5, 5.41) is 8.56. The minimum absolute atomic E-state index is 0.562. The number of aromatic nitrogens is 1. The molecule has 21 heavy (non-hydrogen) atoms. The summed E-state index contributed by atoms with van der Waals surface area (Å²) in [6.45, 7) is 4.26. The zero-order valence-electron chi connectivity index (χ0n) is 11.2. The maximum atomic E-state index is 5.47. The molecule has 0 atom stereocenters. The summed E-state index contributed by atoms with van der Waals surface area (Å²) in [6.07, 6.45) is 5.25. The van der Waals surface area contributed by atoms with E-state index in [4.69, 9.17) is 4.42 Å². The first-order valence-electron chi connectivity index (χ1n) is 6.32. The fourth-order valence-electron chi connectivity index (χ4n) is 1.74. The zero-order valence-corrected chi connectivity index (χ0v) is 12.8. The predicted molar refractivity (Wildman–Crippen MR) is 87.9 cm³/mol. The topological polar surface area (TPSA) is 42.8 Å². The molecule has 0 aliphatic rings. The molecule has 3 aromatic heterocycles. The smallest absolute Gasteiger partial charge is 0.206 e. The van der Waals surface area contributed by atoms with E-state index < -0.39 is 0 Å². The van der Waals surface area contributed by atoms with Crippen molar-refractivity contribution in [3.8, 4) is 11.5 Å². The molecule has 0 fully saturated rings. The Morgan fingerprint density at radius 3 is 2.95 bits per heavy atom. The number of hydrogen-bond acceptors (Lipinski definition) is 5. The minimum atomic E-state index is 0.562. The summed E-state index contributed by atoms with van der Waals surface area (Å²) < 4.78 is 7.27. The van der Waals surface area contributed by atoms with Crippen LogP contribution in [0.25, 0.3) is 11.5 Å². The van der Waals surface area contributed by atoms with Gasteiger partial charge in [0.2, 0.25) is 4.80 Å². The maximum absolute atomic E-state index is 5.47. The molecule has 0 radical (unpaired) electrons. The van der Waals surface area contributed by atoms with Crippen molar-refractivity contribution in [1.29, 1.82) is 0 Å². The van der Waals surface area contributed by atoms with Gasteiger partial charge in [-0.05, 0) is 23.6 Å². The number of thiophene rings is 1. The van der Waals surface area contributed by atoms with Gasteiger partial charge >= 0.3 is 0 Å². The fraction of sp³-hybridized carbons (Fsp3) is 0.0667. The summed E-state index contributed by atoms with van der Waals surface area (Å²) in [5.74, 6) is 0.773. The Labute approximate surface area is 130 Å². The van der Waals surface area contributed by atoms with Crippen molar-refractivity contribution in [2.24, 2.45) is 10.1 Å². The molecule has 3 heterocycles. The average molecular weight is 315 g/mol. The van der Waals surface area contributed by atoms with Crippen molar-refractivity contribution in [3.63, 3.8) is 0 Å². The molecule has 106 valence electrons. The number of furan rings is 1. The molecule has 0 unspecified atom stereocenters. The van der Waals surface area contributed by atoms with Gasteiger partial charge in [0.1, 0.15) is 5.69 Å². The number of thiazole rings is 1. The lowest BCUT2D eigenvalue weighted by molar-refractivity contribution is 0.575. The third kappa shape index (κ3) is 3.12. The Hall–Kier alpha value is -2.18. The highest BCUT2D eigenvalue weighted by molar-refractivity contribution is 7.11. The highest BCUT2D eigenvalue weighted by Gasteiger charge is 2.09. The zero-order chi connectivity index (χ0) is 14.5. The summed E-state index contributed by atoms with van der Waals surface area (Å²) in [5.41, 5.74) is 0.889. The largest absolute Gasteiger partial charge is 0.463 e. The number of rotatable bonds is 5.